The maximum atomic E-state index is 10.1. The highest BCUT2D eigenvalue weighted by Gasteiger charge is 2.20. The van der Waals surface area contributed by atoms with Crippen molar-refractivity contribution in [2.45, 2.75) is 6.92 Å². The minimum absolute atomic E-state index is 0.0532. The first-order valence-corrected chi connectivity index (χ1v) is 6.84. The van der Waals surface area contributed by atoms with Gasteiger partial charge < -0.3 is 20.4 Å². The van der Waals surface area contributed by atoms with E-state index in [0.29, 0.717) is 25.6 Å². The largest absolute Gasteiger partial charge is 0.508 e. The third-order valence-electron chi connectivity index (χ3n) is 2.78. The highest BCUT2D eigenvalue weighted by Crippen LogP contribution is 2.48. The lowest BCUT2D eigenvalue weighted by Gasteiger charge is -2.14. The van der Waals surface area contributed by atoms with Crippen molar-refractivity contribution in [1.82, 2.24) is 0 Å². The van der Waals surface area contributed by atoms with E-state index in [9.17, 15) is 20.4 Å². The fourth-order valence-corrected chi connectivity index (χ4v) is 3.02. The maximum Gasteiger partial charge on any atom is 0.131 e. The summed E-state index contributed by atoms with van der Waals surface area (Å²) < 4.78 is 0.848. The van der Waals surface area contributed by atoms with Crippen LogP contribution in [0.2, 0.25) is 0 Å². The molecule has 0 bridgehead atoms. The Morgan fingerprint density at radius 1 is 0.789 bits per heavy atom. The van der Waals surface area contributed by atoms with Crippen molar-refractivity contribution in [3.63, 3.8) is 0 Å². The quantitative estimate of drug-likeness (QED) is 0.594. The third-order valence-corrected chi connectivity index (χ3v) is 4.03. The van der Waals surface area contributed by atoms with Gasteiger partial charge in [0.2, 0.25) is 0 Å². The molecule has 0 heterocycles. The highest BCUT2D eigenvalue weighted by molar-refractivity contribution is 9.11. The fraction of sp³-hybridized carbons (Fsp3) is 0.0769. The van der Waals surface area contributed by atoms with Crippen molar-refractivity contribution in [2.75, 3.05) is 0 Å². The second-order valence-corrected chi connectivity index (χ2v) is 5.76. The highest BCUT2D eigenvalue weighted by atomic mass is 79.9. The average molecular weight is 390 g/mol. The molecule has 2 rings (SSSR count). The summed E-state index contributed by atoms with van der Waals surface area (Å²) in [5.74, 6) is -0.483. The van der Waals surface area contributed by atoms with Crippen LogP contribution in [0.3, 0.4) is 0 Å². The van der Waals surface area contributed by atoms with E-state index in [0.717, 1.165) is 0 Å². The van der Waals surface area contributed by atoms with Gasteiger partial charge in [-0.3, -0.25) is 0 Å². The summed E-state index contributed by atoms with van der Waals surface area (Å²) in [6, 6.07) is 4.01. The van der Waals surface area contributed by atoms with Gasteiger partial charge in [0.25, 0.3) is 0 Å². The van der Waals surface area contributed by atoms with Crippen LogP contribution in [0.5, 0.6) is 23.0 Å². The van der Waals surface area contributed by atoms with Crippen molar-refractivity contribution < 1.29 is 20.4 Å². The summed E-state index contributed by atoms with van der Waals surface area (Å²) in [5, 5.41) is 39.1. The summed E-state index contributed by atoms with van der Waals surface area (Å²) in [4.78, 5) is 0. The van der Waals surface area contributed by atoms with Crippen LogP contribution in [-0.2, 0) is 0 Å². The number of aromatic hydroxyl groups is 4. The molecule has 0 aliphatic heterocycles. The molecule has 0 radical (unpaired) electrons. The molecule has 2 aromatic rings. The second-order valence-electron chi connectivity index (χ2n) is 4.05. The zero-order valence-corrected chi connectivity index (χ0v) is 12.9. The molecule has 6 heteroatoms. The Morgan fingerprint density at radius 3 is 1.95 bits per heavy atom. The molecular weight excluding hydrogens is 380 g/mol. The lowest BCUT2D eigenvalue weighted by molar-refractivity contribution is 0.440. The normalized spacial score (nSPS) is 10.7. The van der Waals surface area contributed by atoms with Gasteiger partial charge in [0.1, 0.15) is 23.0 Å². The molecule has 19 heavy (non-hydrogen) atoms. The Hall–Kier alpha value is -1.40. The van der Waals surface area contributed by atoms with Gasteiger partial charge in [-0.05, 0) is 50.9 Å². The molecule has 0 amide bonds. The molecule has 100 valence electrons. The molecule has 0 aliphatic rings. The molecule has 0 saturated carbocycles. The van der Waals surface area contributed by atoms with Gasteiger partial charge >= 0.3 is 0 Å². The monoisotopic (exact) mass is 388 g/mol. The Labute approximate surface area is 126 Å². The molecule has 4 N–H and O–H groups in total. The van der Waals surface area contributed by atoms with E-state index in [2.05, 4.69) is 31.9 Å². The van der Waals surface area contributed by atoms with Crippen LogP contribution in [0.15, 0.2) is 27.1 Å². The summed E-state index contributed by atoms with van der Waals surface area (Å²) in [7, 11) is 0. The van der Waals surface area contributed by atoms with Crippen LogP contribution in [0, 0.1) is 6.92 Å². The molecular formula is C13H10Br2O4. The molecule has 0 fully saturated rings. The average Bonchev–Trinajstić information content (AvgIpc) is 2.29. The Morgan fingerprint density at radius 2 is 1.37 bits per heavy atom. The van der Waals surface area contributed by atoms with Crippen LogP contribution in [0.25, 0.3) is 11.1 Å². The molecule has 0 aliphatic carbocycles. The molecule has 2 aromatic carbocycles. The van der Waals surface area contributed by atoms with Gasteiger partial charge in [0.05, 0.1) is 0 Å². The SMILES string of the molecule is Cc1c(O)cc(Br)c(-c2c(O)cc(O)cc2Br)c1O. The van der Waals surface area contributed by atoms with Crippen molar-refractivity contribution in [3.8, 4) is 34.1 Å². The summed E-state index contributed by atoms with van der Waals surface area (Å²) >= 11 is 6.47. The number of benzene rings is 2. The Kier molecular flexibility index (Phi) is 3.64. The van der Waals surface area contributed by atoms with E-state index in [1.54, 1.807) is 6.92 Å². The minimum Gasteiger partial charge on any atom is -0.508 e. The van der Waals surface area contributed by atoms with Crippen molar-refractivity contribution in [2.24, 2.45) is 0 Å². The van der Waals surface area contributed by atoms with Crippen LogP contribution in [-0.4, -0.2) is 20.4 Å². The smallest absolute Gasteiger partial charge is 0.131 e. The second kappa shape index (κ2) is 4.94. The van der Waals surface area contributed by atoms with Gasteiger partial charge in [-0.1, -0.05) is 0 Å². The van der Waals surface area contributed by atoms with Crippen LogP contribution >= 0.6 is 31.9 Å². The van der Waals surface area contributed by atoms with Crippen molar-refractivity contribution >= 4 is 31.9 Å². The minimum atomic E-state index is -0.187. The Bertz CT molecular complexity index is 645. The molecule has 0 atom stereocenters. The summed E-state index contributed by atoms with van der Waals surface area (Å²) in [6.07, 6.45) is 0. The van der Waals surface area contributed by atoms with E-state index in [1.807, 2.05) is 0 Å². The zero-order valence-electron chi connectivity index (χ0n) is 9.78. The predicted molar refractivity (Wildman–Crippen MR) is 78.7 cm³/mol. The Balaban J connectivity index is 2.84. The summed E-state index contributed by atoms with van der Waals surface area (Å²) in [5.41, 5.74) is 0.961. The van der Waals surface area contributed by atoms with E-state index in [1.165, 1.54) is 18.2 Å². The molecule has 0 saturated heterocycles. The van der Waals surface area contributed by atoms with Crippen molar-refractivity contribution in [3.05, 3.63) is 32.7 Å². The van der Waals surface area contributed by atoms with E-state index in [4.69, 9.17) is 0 Å². The topological polar surface area (TPSA) is 80.9 Å². The first kappa shape index (κ1) is 14.0. The molecule has 0 aromatic heterocycles. The van der Waals surface area contributed by atoms with Gasteiger partial charge in [-0.25, -0.2) is 0 Å². The lowest BCUT2D eigenvalue weighted by atomic mass is 10.00. The van der Waals surface area contributed by atoms with Crippen LogP contribution in [0.4, 0.5) is 0 Å². The lowest BCUT2D eigenvalue weighted by Crippen LogP contribution is -1.88. The van der Waals surface area contributed by atoms with E-state index >= 15 is 0 Å². The molecule has 4 nitrogen and oxygen atoms in total. The number of phenols is 4. The zero-order chi connectivity index (χ0) is 14.3. The fourth-order valence-electron chi connectivity index (χ4n) is 1.79. The number of hydrogen-bond donors (Lipinski definition) is 4. The van der Waals surface area contributed by atoms with Crippen LogP contribution < -0.4 is 0 Å². The first-order valence-electron chi connectivity index (χ1n) is 5.25. The number of rotatable bonds is 1. The summed E-state index contributed by atoms with van der Waals surface area (Å²) in [6.45, 7) is 1.56. The molecule has 0 unspecified atom stereocenters. The standard InChI is InChI=1S/C13H10Br2O4/c1-5-9(17)4-8(15)12(13(5)19)11-7(14)2-6(16)3-10(11)18/h2-4,16-19H,1H3. The maximum absolute atomic E-state index is 10.1. The van der Waals surface area contributed by atoms with Gasteiger partial charge in [-0.15, -0.1) is 0 Å². The molecule has 0 spiro atoms. The number of halogens is 2. The van der Waals surface area contributed by atoms with Gasteiger partial charge in [0.15, 0.2) is 0 Å². The van der Waals surface area contributed by atoms with Crippen LogP contribution in [0.1, 0.15) is 5.56 Å². The van der Waals surface area contributed by atoms with Gasteiger partial charge in [-0.2, -0.15) is 0 Å². The van der Waals surface area contributed by atoms with E-state index < -0.39 is 0 Å². The van der Waals surface area contributed by atoms with Gasteiger partial charge in [0, 0.05) is 31.7 Å². The first-order chi connectivity index (χ1) is 8.82. The number of phenolic OH excluding ortho intramolecular Hbond substituents is 4. The predicted octanol–water partition coefficient (Wildman–Crippen LogP) is 4.01. The van der Waals surface area contributed by atoms with E-state index in [-0.39, 0.29) is 23.0 Å². The third kappa shape index (κ3) is 2.37. The van der Waals surface area contributed by atoms with Crippen molar-refractivity contribution in [1.29, 1.82) is 0 Å². The number of hydrogen-bond acceptors (Lipinski definition) is 4.